The quantitative estimate of drug-likeness (QED) is 0.686. The van der Waals surface area contributed by atoms with E-state index in [-0.39, 0.29) is 4.90 Å². The second-order valence-corrected chi connectivity index (χ2v) is 6.17. The maximum absolute atomic E-state index is 12.2. The third kappa shape index (κ3) is 4.29. The second-order valence-electron chi connectivity index (χ2n) is 4.24. The van der Waals surface area contributed by atoms with Gasteiger partial charge in [0.25, 0.3) is 0 Å². The maximum atomic E-state index is 12.2. The third-order valence-corrected chi connectivity index (χ3v) is 4.95. The zero-order valence-electron chi connectivity index (χ0n) is 12.0. The average Bonchev–Trinajstić information content (AvgIpc) is 2.85. The number of hydrogen-bond donors (Lipinski definition) is 1. The minimum Gasteiger partial charge on any atom is -0.317 e. The van der Waals surface area contributed by atoms with Crippen LogP contribution in [0.1, 0.15) is 27.2 Å². The summed E-state index contributed by atoms with van der Waals surface area (Å²) in [5.41, 5.74) is 0. The van der Waals surface area contributed by atoms with Gasteiger partial charge in [0.2, 0.25) is 10.0 Å². The molecule has 0 aliphatic heterocycles. The van der Waals surface area contributed by atoms with E-state index in [1.54, 1.807) is 10.9 Å². The normalized spacial score (nSPS) is 12.2. The lowest BCUT2D eigenvalue weighted by atomic mass is 10.4. The minimum atomic E-state index is -3.38. The van der Waals surface area contributed by atoms with Crippen LogP contribution in [0.5, 0.6) is 0 Å². The Balaban J connectivity index is 2.68. The molecule has 1 heterocycles. The molecule has 0 fully saturated rings. The lowest BCUT2D eigenvalue weighted by molar-refractivity contribution is 0.445. The molecule has 110 valence electrons. The molecule has 19 heavy (non-hydrogen) atoms. The van der Waals surface area contributed by atoms with Crippen LogP contribution in [0.3, 0.4) is 0 Å². The standard InChI is InChI=1S/C12H24N4O2S/c1-4-13-8-7-9-15-11-12(10-14-15)19(17,18)16(5-2)6-3/h10-11,13H,4-9H2,1-3H3. The van der Waals surface area contributed by atoms with Crippen molar-refractivity contribution >= 4 is 10.0 Å². The summed E-state index contributed by atoms with van der Waals surface area (Å²) in [6, 6.07) is 0. The first-order valence-corrected chi connectivity index (χ1v) is 8.23. The van der Waals surface area contributed by atoms with E-state index in [2.05, 4.69) is 17.3 Å². The predicted octanol–water partition coefficient (Wildman–Crippen LogP) is 0.913. The highest BCUT2D eigenvalue weighted by Crippen LogP contribution is 2.14. The van der Waals surface area contributed by atoms with Gasteiger partial charge in [-0.2, -0.15) is 9.40 Å². The number of hydrogen-bond acceptors (Lipinski definition) is 4. The van der Waals surface area contributed by atoms with Gasteiger partial charge in [-0.05, 0) is 19.5 Å². The minimum absolute atomic E-state index is 0.277. The van der Waals surface area contributed by atoms with E-state index in [1.807, 2.05) is 13.8 Å². The number of nitrogens with zero attached hydrogens (tertiary/aromatic N) is 3. The zero-order chi connectivity index (χ0) is 14.3. The van der Waals surface area contributed by atoms with Gasteiger partial charge in [-0.15, -0.1) is 0 Å². The van der Waals surface area contributed by atoms with Crippen LogP contribution >= 0.6 is 0 Å². The summed E-state index contributed by atoms with van der Waals surface area (Å²) in [5, 5.41) is 7.34. The fourth-order valence-electron chi connectivity index (χ4n) is 1.86. The van der Waals surface area contributed by atoms with Crippen LogP contribution in [-0.2, 0) is 16.6 Å². The molecule has 0 unspecified atom stereocenters. The molecular formula is C12H24N4O2S. The summed E-state index contributed by atoms with van der Waals surface area (Å²) >= 11 is 0. The molecule has 1 N–H and O–H groups in total. The largest absolute Gasteiger partial charge is 0.317 e. The van der Waals surface area contributed by atoms with Gasteiger partial charge in [0.15, 0.2) is 0 Å². The summed E-state index contributed by atoms with van der Waals surface area (Å²) in [4.78, 5) is 0.277. The highest BCUT2D eigenvalue weighted by molar-refractivity contribution is 7.89. The third-order valence-electron chi connectivity index (χ3n) is 2.94. The number of aryl methyl sites for hydroxylation is 1. The second kappa shape index (κ2) is 7.62. The molecule has 0 aliphatic carbocycles. The predicted molar refractivity (Wildman–Crippen MR) is 75.5 cm³/mol. The summed E-state index contributed by atoms with van der Waals surface area (Å²) in [6.07, 6.45) is 3.97. The summed E-state index contributed by atoms with van der Waals surface area (Å²) in [6.45, 7) is 9.26. The topological polar surface area (TPSA) is 67.2 Å². The fourth-order valence-corrected chi connectivity index (χ4v) is 3.27. The van der Waals surface area contributed by atoms with E-state index in [0.717, 1.165) is 26.1 Å². The SMILES string of the molecule is CCNCCCn1cc(S(=O)(=O)N(CC)CC)cn1. The monoisotopic (exact) mass is 288 g/mol. The van der Waals surface area contributed by atoms with E-state index in [4.69, 9.17) is 0 Å². The Kier molecular flexibility index (Phi) is 6.47. The van der Waals surface area contributed by atoms with E-state index >= 15 is 0 Å². The Morgan fingerprint density at radius 1 is 1.32 bits per heavy atom. The van der Waals surface area contributed by atoms with Crippen molar-refractivity contribution < 1.29 is 8.42 Å². The highest BCUT2D eigenvalue weighted by Gasteiger charge is 2.22. The van der Waals surface area contributed by atoms with Crippen molar-refractivity contribution in [3.63, 3.8) is 0 Å². The van der Waals surface area contributed by atoms with Crippen LogP contribution in [0.2, 0.25) is 0 Å². The molecule has 7 heteroatoms. The molecular weight excluding hydrogens is 264 g/mol. The van der Waals surface area contributed by atoms with Crippen molar-refractivity contribution in [2.45, 2.75) is 38.6 Å². The molecule has 0 amide bonds. The molecule has 1 rings (SSSR count). The Morgan fingerprint density at radius 3 is 2.58 bits per heavy atom. The van der Waals surface area contributed by atoms with Crippen LogP contribution < -0.4 is 5.32 Å². The molecule has 1 aromatic rings. The molecule has 0 bridgehead atoms. The highest BCUT2D eigenvalue weighted by atomic mass is 32.2. The van der Waals surface area contributed by atoms with Gasteiger partial charge in [0, 0.05) is 25.8 Å². The molecule has 0 atom stereocenters. The van der Waals surface area contributed by atoms with E-state index in [0.29, 0.717) is 13.1 Å². The number of nitrogens with one attached hydrogen (secondary N) is 1. The summed E-state index contributed by atoms with van der Waals surface area (Å²) < 4.78 is 27.6. The van der Waals surface area contributed by atoms with Crippen LogP contribution in [-0.4, -0.2) is 48.7 Å². The first-order chi connectivity index (χ1) is 9.06. The number of sulfonamides is 1. The lowest BCUT2D eigenvalue weighted by Crippen LogP contribution is -2.30. The van der Waals surface area contributed by atoms with Crippen molar-refractivity contribution in [3.05, 3.63) is 12.4 Å². The van der Waals surface area contributed by atoms with Gasteiger partial charge >= 0.3 is 0 Å². The van der Waals surface area contributed by atoms with Crippen molar-refractivity contribution in [1.82, 2.24) is 19.4 Å². The van der Waals surface area contributed by atoms with Crippen LogP contribution in [0.4, 0.5) is 0 Å². The Hall–Kier alpha value is -0.920. The van der Waals surface area contributed by atoms with E-state index in [1.165, 1.54) is 10.5 Å². The molecule has 0 saturated carbocycles. The van der Waals surface area contributed by atoms with Gasteiger partial charge in [-0.25, -0.2) is 8.42 Å². The number of rotatable bonds is 9. The average molecular weight is 288 g/mol. The molecule has 0 aliphatic rings. The first kappa shape index (κ1) is 16.1. The molecule has 0 spiro atoms. The van der Waals surface area contributed by atoms with Crippen LogP contribution in [0, 0.1) is 0 Å². The first-order valence-electron chi connectivity index (χ1n) is 6.79. The van der Waals surface area contributed by atoms with Crippen molar-refractivity contribution in [1.29, 1.82) is 0 Å². The Labute approximate surface area is 115 Å². The summed E-state index contributed by atoms with van der Waals surface area (Å²) in [7, 11) is -3.38. The zero-order valence-corrected chi connectivity index (χ0v) is 12.8. The molecule has 0 radical (unpaired) electrons. The number of aromatic nitrogens is 2. The van der Waals surface area contributed by atoms with Gasteiger partial charge in [0.1, 0.15) is 4.90 Å². The van der Waals surface area contributed by atoms with Crippen LogP contribution in [0.15, 0.2) is 17.3 Å². The van der Waals surface area contributed by atoms with E-state index in [9.17, 15) is 8.42 Å². The molecule has 0 aromatic carbocycles. The molecule has 1 aromatic heterocycles. The van der Waals surface area contributed by atoms with Crippen LogP contribution in [0.25, 0.3) is 0 Å². The van der Waals surface area contributed by atoms with Crippen molar-refractivity contribution in [2.24, 2.45) is 0 Å². The summed E-state index contributed by atoms with van der Waals surface area (Å²) in [5.74, 6) is 0. The Bertz CT molecular complexity index is 466. The van der Waals surface area contributed by atoms with Gasteiger partial charge < -0.3 is 5.32 Å². The van der Waals surface area contributed by atoms with Gasteiger partial charge in [-0.1, -0.05) is 20.8 Å². The van der Waals surface area contributed by atoms with Crippen molar-refractivity contribution in [3.8, 4) is 0 Å². The molecule has 0 saturated heterocycles. The smallest absolute Gasteiger partial charge is 0.246 e. The van der Waals surface area contributed by atoms with E-state index < -0.39 is 10.0 Å². The van der Waals surface area contributed by atoms with Gasteiger partial charge in [0.05, 0.1) is 6.20 Å². The Morgan fingerprint density at radius 2 is 2.00 bits per heavy atom. The molecule has 6 nitrogen and oxygen atoms in total. The van der Waals surface area contributed by atoms with Crippen molar-refractivity contribution in [2.75, 3.05) is 26.2 Å². The fraction of sp³-hybridized carbons (Fsp3) is 0.750. The maximum Gasteiger partial charge on any atom is 0.246 e. The van der Waals surface area contributed by atoms with Gasteiger partial charge in [-0.3, -0.25) is 4.68 Å². The lowest BCUT2D eigenvalue weighted by Gasteiger charge is -2.16.